The van der Waals surface area contributed by atoms with E-state index in [1.165, 1.54) is 0 Å². The molecule has 1 aliphatic carbocycles. The first-order valence-corrected chi connectivity index (χ1v) is 5.89. The Morgan fingerprint density at radius 3 is 3.05 bits per heavy atom. The summed E-state index contributed by atoms with van der Waals surface area (Å²) in [5, 5.41) is 15.3. The summed E-state index contributed by atoms with van der Waals surface area (Å²) in [5.41, 5.74) is 1.11. The van der Waals surface area contributed by atoms with Crippen molar-refractivity contribution in [2.45, 2.75) is 18.9 Å². The average Bonchev–Trinajstić information content (AvgIpc) is 2.93. The number of amides is 1. The number of hydrogen-bond acceptors (Lipinski definition) is 5. The Kier molecular flexibility index (Phi) is 2.56. The second-order valence-electron chi connectivity index (χ2n) is 4.51. The number of carbonyl (C=O) groups excluding carboxylic acids is 1. The summed E-state index contributed by atoms with van der Waals surface area (Å²) in [6.45, 7) is 0. The number of aryl methyl sites for hydroxylation is 1. The van der Waals surface area contributed by atoms with Crippen molar-refractivity contribution >= 4 is 5.91 Å². The zero-order valence-electron chi connectivity index (χ0n) is 10.3. The molecule has 0 atom stereocenters. The van der Waals surface area contributed by atoms with E-state index in [-0.39, 0.29) is 23.7 Å². The molecule has 0 aromatic carbocycles. The lowest BCUT2D eigenvalue weighted by molar-refractivity contribution is 0.0937. The molecule has 1 saturated carbocycles. The average molecular weight is 257 g/mol. The van der Waals surface area contributed by atoms with Gasteiger partial charge in [0, 0.05) is 19.3 Å². The molecule has 0 spiro atoms. The molecule has 2 aromatic heterocycles. The molecule has 0 radical (unpaired) electrons. The van der Waals surface area contributed by atoms with Crippen molar-refractivity contribution in [1.29, 1.82) is 5.26 Å². The number of nitrogens with zero attached hydrogens (tertiary/aromatic N) is 4. The van der Waals surface area contributed by atoms with Crippen LogP contribution < -0.4 is 5.32 Å². The first kappa shape index (κ1) is 11.5. The number of carbonyl (C=O) groups is 1. The van der Waals surface area contributed by atoms with Gasteiger partial charge in [-0.1, -0.05) is 5.16 Å². The predicted molar refractivity (Wildman–Crippen MR) is 63.9 cm³/mol. The topological polar surface area (TPSA) is 96.7 Å². The van der Waals surface area contributed by atoms with Crippen LogP contribution in [0, 0.1) is 11.3 Å². The van der Waals surface area contributed by atoms with E-state index >= 15 is 0 Å². The van der Waals surface area contributed by atoms with E-state index in [9.17, 15) is 4.79 Å². The van der Waals surface area contributed by atoms with E-state index < -0.39 is 0 Å². The van der Waals surface area contributed by atoms with E-state index in [0.29, 0.717) is 11.3 Å². The van der Waals surface area contributed by atoms with Crippen LogP contribution >= 0.6 is 0 Å². The fourth-order valence-corrected chi connectivity index (χ4v) is 1.74. The van der Waals surface area contributed by atoms with Gasteiger partial charge in [0.05, 0.1) is 5.56 Å². The number of nitrogens with one attached hydrogen (secondary N) is 1. The van der Waals surface area contributed by atoms with Gasteiger partial charge in [-0.2, -0.15) is 10.2 Å². The van der Waals surface area contributed by atoms with Crippen molar-refractivity contribution in [3.63, 3.8) is 0 Å². The van der Waals surface area contributed by atoms with Crippen molar-refractivity contribution in [3.8, 4) is 17.7 Å². The number of hydrogen-bond donors (Lipinski definition) is 1. The standard InChI is InChI=1S/C12H11N5O2/c1-17-6-7(5-13)4-9(17)12-15-10(16-19-12)11(18)14-8-2-3-8/h4,6,8H,2-3H2,1H3,(H,14,18). The van der Waals surface area contributed by atoms with Gasteiger partial charge in [0.2, 0.25) is 0 Å². The maximum atomic E-state index is 11.7. The molecule has 0 aliphatic heterocycles. The van der Waals surface area contributed by atoms with Crippen LogP contribution in [-0.4, -0.2) is 26.7 Å². The van der Waals surface area contributed by atoms with Gasteiger partial charge in [0.1, 0.15) is 11.8 Å². The highest BCUT2D eigenvalue weighted by Crippen LogP contribution is 2.21. The Labute approximate surface area is 108 Å². The third kappa shape index (κ3) is 2.20. The van der Waals surface area contributed by atoms with Crippen LogP contribution in [0.1, 0.15) is 29.0 Å². The van der Waals surface area contributed by atoms with Gasteiger partial charge >= 0.3 is 0 Å². The molecule has 1 aliphatic rings. The minimum Gasteiger partial charge on any atom is -0.346 e. The molecule has 2 heterocycles. The van der Waals surface area contributed by atoms with Crippen molar-refractivity contribution in [1.82, 2.24) is 20.0 Å². The van der Waals surface area contributed by atoms with Crippen LogP contribution in [0.3, 0.4) is 0 Å². The minimum absolute atomic E-state index is 0.0154. The van der Waals surface area contributed by atoms with Crippen molar-refractivity contribution in [2.24, 2.45) is 7.05 Å². The Bertz CT molecular complexity index is 675. The molecule has 0 unspecified atom stereocenters. The molecule has 2 aromatic rings. The highest BCUT2D eigenvalue weighted by atomic mass is 16.5. The molecule has 19 heavy (non-hydrogen) atoms. The summed E-state index contributed by atoms with van der Waals surface area (Å²) in [7, 11) is 1.77. The van der Waals surface area contributed by atoms with E-state index in [1.807, 2.05) is 6.07 Å². The van der Waals surface area contributed by atoms with E-state index in [2.05, 4.69) is 15.5 Å². The second kappa shape index (κ2) is 4.24. The lowest BCUT2D eigenvalue weighted by atomic mass is 10.3. The molecular formula is C12H11N5O2. The van der Waals surface area contributed by atoms with Crippen LogP contribution in [0.5, 0.6) is 0 Å². The minimum atomic E-state index is -0.327. The smallest absolute Gasteiger partial charge is 0.292 e. The Hall–Kier alpha value is -2.62. The van der Waals surface area contributed by atoms with Crippen LogP contribution in [0.2, 0.25) is 0 Å². The largest absolute Gasteiger partial charge is 0.346 e. The summed E-state index contributed by atoms with van der Waals surface area (Å²) < 4.78 is 6.76. The number of aromatic nitrogens is 3. The predicted octanol–water partition coefficient (Wildman–Crippen LogP) is 0.839. The Morgan fingerprint density at radius 1 is 1.63 bits per heavy atom. The van der Waals surface area contributed by atoms with Gasteiger partial charge in [-0.15, -0.1) is 0 Å². The van der Waals surface area contributed by atoms with E-state index in [0.717, 1.165) is 12.8 Å². The third-order valence-electron chi connectivity index (χ3n) is 2.89. The fraction of sp³-hybridized carbons (Fsp3) is 0.333. The normalized spacial score (nSPS) is 14.1. The van der Waals surface area contributed by atoms with Crippen LogP contribution in [0.15, 0.2) is 16.8 Å². The molecule has 1 fully saturated rings. The SMILES string of the molecule is Cn1cc(C#N)cc1-c1nc(C(=O)NC2CC2)no1. The molecule has 96 valence electrons. The van der Waals surface area contributed by atoms with Gasteiger partial charge in [0.15, 0.2) is 0 Å². The Balaban J connectivity index is 1.85. The first-order valence-electron chi connectivity index (χ1n) is 5.89. The van der Waals surface area contributed by atoms with Gasteiger partial charge in [-0.25, -0.2) is 0 Å². The van der Waals surface area contributed by atoms with Gasteiger partial charge < -0.3 is 14.4 Å². The van der Waals surface area contributed by atoms with Gasteiger partial charge in [-0.3, -0.25) is 4.79 Å². The highest BCUT2D eigenvalue weighted by Gasteiger charge is 2.26. The molecule has 1 amide bonds. The zero-order valence-corrected chi connectivity index (χ0v) is 10.3. The van der Waals surface area contributed by atoms with Crippen LogP contribution in [0.4, 0.5) is 0 Å². The molecule has 1 N–H and O–H groups in total. The highest BCUT2D eigenvalue weighted by molar-refractivity contribution is 5.91. The van der Waals surface area contributed by atoms with Crippen LogP contribution in [0.25, 0.3) is 11.6 Å². The van der Waals surface area contributed by atoms with E-state index in [4.69, 9.17) is 9.78 Å². The molecule has 0 saturated heterocycles. The van der Waals surface area contributed by atoms with Crippen molar-refractivity contribution in [3.05, 3.63) is 23.7 Å². The summed E-state index contributed by atoms with van der Waals surface area (Å²) in [6.07, 6.45) is 3.66. The number of rotatable bonds is 3. The van der Waals surface area contributed by atoms with Crippen molar-refractivity contribution < 1.29 is 9.32 Å². The third-order valence-corrected chi connectivity index (χ3v) is 2.89. The maximum absolute atomic E-state index is 11.7. The molecule has 7 heteroatoms. The summed E-state index contributed by atoms with van der Waals surface area (Å²) in [5.74, 6) is -0.0845. The second-order valence-corrected chi connectivity index (χ2v) is 4.51. The summed E-state index contributed by atoms with van der Waals surface area (Å²) in [6, 6.07) is 3.91. The molecule has 3 rings (SSSR count). The van der Waals surface area contributed by atoms with Gasteiger partial charge in [-0.05, 0) is 18.9 Å². The molecular weight excluding hydrogens is 246 g/mol. The summed E-state index contributed by atoms with van der Waals surface area (Å²) >= 11 is 0. The maximum Gasteiger partial charge on any atom is 0.292 e. The Morgan fingerprint density at radius 2 is 2.42 bits per heavy atom. The lowest BCUT2D eigenvalue weighted by Gasteiger charge is -1.96. The fourth-order valence-electron chi connectivity index (χ4n) is 1.74. The monoisotopic (exact) mass is 257 g/mol. The quantitative estimate of drug-likeness (QED) is 0.878. The first-order chi connectivity index (χ1) is 9.17. The van der Waals surface area contributed by atoms with E-state index in [1.54, 1.807) is 23.9 Å². The summed E-state index contributed by atoms with van der Waals surface area (Å²) in [4.78, 5) is 15.8. The van der Waals surface area contributed by atoms with Crippen LogP contribution in [-0.2, 0) is 7.05 Å². The number of nitriles is 1. The molecule has 7 nitrogen and oxygen atoms in total. The van der Waals surface area contributed by atoms with Crippen molar-refractivity contribution in [2.75, 3.05) is 0 Å². The molecule has 0 bridgehead atoms. The zero-order chi connectivity index (χ0) is 13.4. The lowest BCUT2D eigenvalue weighted by Crippen LogP contribution is -2.26. The van der Waals surface area contributed by atoms with Gasteiger partial charge in [0.25, 0.3) is 17.6 Å².